The van der Waals surface area contributed by atoms with Gasteiger partial charge in [0.1, 0.15) is 6.61 Å². The van der Waals surface area contributed by atoms with Gasteiger partial charge in [-0.3, -0.25) is 4.79 Å². The summed E-state index contributed by atoms with van der Waals surface area (Å²) >= 11 is 0. The van der Waals surface area contributed by atoms with E-state index >= 15 is 0 Å². The molecule has 0 aromatic heterocycles. The third-order valence-corrected chi connectivity index (χ3v) is 2.99. The summed E-state index contributed by atoms with van der Waals surface area (Å²) in [6.45, 7) is 0.0481. The minimum absolute atomic E-state index is 0.0481. The number of halogens is 2. The number of amides is 1. The molecular weight excluding hydrogens is 280 g/mol. The summed E-state index contributed by atoms with van der Waals surface area (Å²) < 4.78 is 36.8. The van der Waals surface area contributed by atoms with Crippen molar-refractivity contribution in [3.8, 4) is 11.5 Å². The first-order valence-corrected chi connectivity index (χ1v) is 6.28. The van der Waals surface area contributed by atoms with Gasteiger partial charge < -0.3 is 14.8 Å². The van der Waals surface area contributed by atoms with Gasteiger partial charge in [0.25, 0.3) is 5.91 Å². The van der Waals surface area contributed by atoms with Gasteiger partial charge in [0.15, 0.2) is 23.1 Å². The number of benzene rings is 2. The molecule has 0 saturated heterocycles. The molecule has 2 aromatic carbocycles. The molecule has 1 aliphatic rings. The van der Waals surface area contributed by atoms with Crippen molar-refractivity contribution in [1.29, 1.82) is 0 Å². The summed E-state index contributed by atoms with van der Waals surface area (Å²) in [7, 11) is 0. The third kappa shape index (κ3) is 2.79. The highest BCUT2D eigenvalue weighted by atomic mass is 19.2. The van der Waals surface area contributed by atoms with Gasteiger partial charge in [-0.05, 0) is 24.3 Å². The summed E-state index contributed by atoms with van der Waals surface area (Å²) in [4.78, 5) is 12.0. The minimum atomic E-state index is -1.03. The van der Waals surface area contributed by atoms with Crippen molar-refractivity contribution in [2.24, 2.45) is 0 Å². The van der Waals surface area contributed by atoms with E-state index in [0.29, 0.717) is 11.5 Å². The second-order valence-electron chi connectivity index (χ2n) is 4.48. The molecule has 0 spiro atoms. The Bertz CT molecular complexity index is 690. The maximum Gasteiger partial charge on any atom is 0.269 e. The lowest BCUT2D eigenvalue weighted by Gasteiger charge is -2.25. The van der Waals surface area contributed by atoms with Crippen LogP contribution >= 0.6 is 0 Å². The van der Waals surface area contributed by atoms with Gasteiger partial charge in [-0.25, -0.2) is 8.78 Å². The summed E-state index contributed by atoms with van der Waals surface area (Å²) in [5.74, 6) is -1.46. The minimum Gasteiger partial charge on any atom is -0.485 e. The fourth-order valence-electron chi connectivity index (χ4n) is 1.95. The van der Waals surface area contributed by atoms with Crippen LogP contribution in [0.25, 0.3) is 0 Å². The number of anilines is 1. The Balaban J connectivity index is 1.70. The number of ether oxygens (including phenoxy) is 2. The second-order valence-corrected chi connectivity index (χ2v) is 4.48. The lowest BCUT2D eigenvalue weighted by molar-refractivity contribution is -0.125. The monoisotopic (exact) mass is 291 g/mol. The number of hydrogen-bond acceptors (Lipinski definition) is 3. The van der Waals surface area contributed by atoms with E-state index in [-0.39, 0.29) is 12.3 Å². The molecule has 21 heavy (non-hydrogen) atoms. The number of para-hydroxylation sites is 2. The SMILES string of the molecule is O=C(Nc1ccc(F)c(F)c1)C1COc2ccccc2O1. The zero-order chi connectivity index (χ0) is 14.8. The number of hydrogen-bond donors (Lipinski definition) is 1. The van der Waals surface area contributed by atoms with Gasteiger partial charge in [0.2, 0.25) is 6.10 Å². The van der Waals surface area contributed by atoms with Crippen LogP contribution in [0.5, 0.6) is 11.5 Å². The largest absolute Gasteiger partial charge is 0.485 e. The van der Waals surface area contributed by atoms with Crippen LogP contribution < -0.4 is 14.8 Å². The maximum absolute atomic E-state index is 13.1. The molecule has 0 radical (unpaired) electrons. The van der Waals surface area contributed by atoms with Gasteiger partial charge >= 0.3 is 0 Å². The van der Waals surface area contributed by atoms with Crippen molar-refractivity contribution in [3.05, 3.63) is 54.1 Å². The van der Waals surface area contributed by atoms with Crippen LogP contribution in [0, 0.1) is 11.6 Å². The first-order valence-electron chi connectivity index (χ1n) is 6.28. The van der Waals surface area contributed by atoms with Crippen molar-refractivity contribution < 1.29 is 23.0 Å². The molecule has 1 N–H and O–H groups in total. The van der Waals surface area contributed by atoms with Crippen LogP contribution in [-0.4, -0.2) is 18.6 Å². The molecule has 3 rings (SSSR count). The number of carbonyl (C=O) groups excluding carboxylic acids is 1. The van der Waals surface area contributed by atoms with Gasteiger partial charge in [-0.1, -0.05) is 12.1 Å². The molecule has 2 aromatic rings. The number of fused-ring (bicyclic) bond motifs is 1. The summed E-state index contributed by atoms with van der Waals surface area (Å²) in [5.41, 5.74) is 0.154. The van der Waals surface area contributed by atoms with E-state index in [1.807, 2.05) is 0 Å². The molecule has 0 aliphatic carbocycles. The van der Waals surface area contributed by atoms with E-state index in [1.165, 1.54) is 6.07 Å². The first kappa shape index (κ1) is 13.4. The van der Waals surface area contributed by atoms with Crippen LogP contribution in [0.3, 0.4) is 0 Å². The normalized spacial score (nSPS) is 16.4. The lowest BCUT2D eigenvalue weighted by Crippen LogP contribution is -2.40. The molecule has 1 aliphatic heterocycles. The van der Waals surface area contributed by atoms with E-state index in [9.17, 15) is 13.6 Å². The van der Waals surface area contributed by atoms with Gasteiger partial charge in [-0.15, -0.1) is 0 Å². The highest BCUT2D eigenvalue weighted by molar-refractivity contribution is 5.94. The maximum atomic E-state index is 13.1. The van der Waals surface area contributed by atoms with Gasteiger partial charge in [-0.2, -0.15) is 0 Å². The first-order chi connectivity index (χ1) is 10.1. The molecule has 108 valence electrons. The smallest absolute Gasteiger partial charge is 0.269 e. The zero-order valence-corrected chi connectivity index (χ0v) is 10.8. The predicted molar refractivity (Wildman–Crippen MR) is 71.3 cm³/mol. The Hall–Kier alpha value is -2.63. The highest BCUT2D eigenvalue weighted by Crippen LogP contribution is 2.31. The second kappa shape index (κ2) is 5.40. The topological polar surface area (TPSA) is 47.6 Å². The van der Waals surface area contributed by atoms with E-state index < -0.39 is 23.6 Å². The Morgan fingerprint density at radius 3 is 2.62 bits per heavy atom. The average molecular weight is 291 g/mol. The van der Waals surface area contributed by atoms with Crippen molar-refractivity contribution in [2.75, 3.05) is 11.9 Å². The molecule has 1 heterocycles. The molecule has 0 fully saturated rings. The summed E-state index contributed by atoms with van der Waals surface area (Å²) in [5, 5.41) is 2.46. The molecule has 1 atom stereocenters. The van der Waals surface area contributed by atoms with Crippen molar-refractivity contribution in [2.45, 2.75) is 6.10 Å². The van der Waals surface area contributed by atoms with E-state index in [0.717, 1.165) is 12.1 Å². The molecule has 4 nitrogen and oxygen atoms in total. The molecule has 1 amide bonds. The van der Waals surface area contributed by atoms with Gasteiger partial charge in [0, 0.05) is 11.8 Å². The third-order valence-electron chi connectivity index (χ3n) is 2.99. The number of carbonyl (C=O) groups is 1. The fraction of sp³-hybridized carbons (Fsp3) is 0.133. The summed E-state index contributed by atoms with van der Waals surface area (Å²) in [6, 6.07) is 10.1. The molecule has 6 heteroatoms. The number of rotatable bonds is 2. The highest BCUT2D eigenvalue weighted by Gasteiger charge is 2.27. The van der Waals surface area contributed by atoms with Crippen LogP contribution in [0.2, 0.25) is 0 Å². The Kier molecular flexibility index (Phi) is 3.43. The quantitative estimate of drug-likeness (QED) is 0.925. The standard InChI is InChI=1S/C15H11F2NO3/c16-10-6-5-9(7-11(10)17)18-15(19)14-8-20-12-3-1-2-4-13(12)21-14/h1-7,14H,8H2,(H,18,19). The van der Waals surface area contributed by atoms with Crippen LogP contribution in [-0.2, 0) is 4.79 Å². The predicted octanol–water partition coefficient (Wildman–Crippen LogP) is 2.74. The molecule has 0 saturated carbocycles. The van der Waals surface area contributed by atoms with Crippen LogP contribution in [0.15, 0.2) is 42.5 Å². The Labute approximate surface area is 119 Å². The molecular formula is C15H11F2NO3. The van der Waals surface area contributed by atoms with Crippen LogP contribution in [0.1, 0.15) is 0 Å². The van der Waals surface area contributed by atoms with E-state index in [1.54, 1.807) is 24.3 Å². The van der Waals surface area contributed by atoms with Crippen molar-refractivity contribution >= 4 is 11.6 Å². The van der Waals surface area contributed by atoms with E-state index in [2.05, 4.69) is 5.32 Å². The Morgan fingerprint density at radius 2 is 1.86 bits per heavy atom. The zero-order valence-electron chi connectivity index (χ0n) is 10.8. The van der Waals surface area contributed by atoms with Crippen LogP contribution in [0.4, 0.5) is 14.5 Å². The lowest BCUT2D eigenvalue weighted by atomic mass is 10.2. The van der Waals surface area contributed by atoms with Crippen molar-refractivity contribution in [1.82, 2.24) is 0 Å². The van der Waals surface area contributed by atoms with Gasteiger partial charge in [0.05, 0.1) is 0 Å². The molecule has 0 bridgehead atoms. The fourth-order valence-corrected chi connectivity index (χ4v) is 1.95. The number of nitrogens with one attached hydrogen (secondary N) is 1. The van der Waals surface area contributed by atoms with Crippen molar-refractivity contribution in [3.63, 3.8) is 0 Å². The summed E-state index contributed by atoms with van der Waals surface area (Å²) in [6.07, 6.45) is -0.854. The average Bonchev–Trinajstić information content (AvgIpc) is 2.50. The van der Waals surface area contributed by atoms with E-state index in [4.69, 9.17) is 9.47 Å². The Morgan fingerprint density at radius 1 is 1.10 bits per heavy atom. The molecule has 1 unspecified atom stereocenters.